The van der Waals surface area contributed by atoms with Crippen LogP contribution in [0.4, 0.5) is 5.82 Å². The molecule has 172 valence electrons. The van der Waals surface area contributed by atoms with E-state index in [4.69, 9.17) is 14.8 Å². The minimum absolute atomic E-state index is 0.0154. The van der Waals surface area contributed by atoms with Gasteiger partial charge in [0.25, 0.3) is 0 Å². The third kappa shape index (κ3) is 4.59. The molecule has 1 saturated heterocycles. The minimum Gasteiger partial charge on any atom is -0.481 e. The number of hydrogen-bond donors (Lipinski definition) is 0. The van der Waals surface area contributed by atoms with Crippen molar-refractivity contribution in [2.75, 3.05) is 38.2 Å². The Kier molecular flexibility index (Phi) is 6.15. The highest BCUT2D eigenvalue weighted by molar-refractivity contribution is 5.77. The van der Waals surface area contributed by atoms with E-state index in [1.165, 1.54) is 6.33 Å². The van der Waals surface area contributed by atoms with Crippen LogP contribution in [0.3, 0.4) is 0 Å². The van der Waals surface area contributed by atoms with Gasteiger partial charge in [-0.3, -0.25) is 4.79 Å². The molecule has 2 aromatic heterocycles. The quantitative estimate of drug-likeness (QED) is 0.442. The van der Waals surface area contributed by atoms with Crippen LogP contribution in [0.1, 0.15) is 0 Å². The van der Waals surface area contributed by atoms with Crippen molar-refractivity contribution in [3.05, 3.63) is 73.1 Å². The van der Waals surface area contributed by atoms with Crippen LogP contribution >= 0.6 is 0 Å². The molecule has 1 amide bonds. The van der Waals surface area contributed by atoms with Gasteiger partial charge in [-0.15, -0.1) is 5.10 Å². The zero-order valence-corrected chi connectivity index (χ0v) is 18.9. The summed E-state index contributed by atoms with van der Waals surface area (Å²) in [5.74, 6) is 2.63. The van der Waals surface area contributed by atoms with Crippen LogP contribution in [0.15, 0.2) is 73.1 Å². The van der Waals surface area contributed by atoms with Crippen molar-refractivity contribution in [1.29, 1.82) is 0 Å². The molecule has 5 rings (SSSR count). The second-order valence-electron chi connectivity index (χ2n) is 7.94. The average Bonchev–Trinajstić information content (AvgIpc) is 3.33. The Bertz CT molecular complexity index is 1250. The van der Waals surface area contributed by atoms with E-state index >= 15 is 0 Å². The third-order valence-corrected chi connectivity index (χ3v) is 5.81. The highest BCUT2D eigenvalue weighted by Crippen LogP contribution is 2.23. The molecular formula is C25H25N7O2. The van der Waals surface area contributed by atoms with Gasteiger partial charge in [0.2, 0.25) is 11.8 Å². The first kappa shape index (κ1) is 21.6. The zero-order chi connectivity index (χ0) is 23.3. The van der Waals surface area contributed by atoms with Gasteiger partial charge in [0.15, 0.2) is 11.6 Å². The van der Waals surface area contributed by atoms with Crippen molar-refractivity contribution < 1.29 is 9.53 Å². The molecule has 2 aromatic carbocycles. The highest BCUT2D eigenvalue weighted by atomic mass is 16.5. The van der Waals surface area contributed by atoms with Crippen molar-refractivity contribution in [3.63, 3.8) is 0 Å². The first-order chi connectivity index (χ1) is 16.7. The van der Waals surface area contributed by atoms with Gasteiger partial charge in [-0.1, -0.05) is 60.7 Å². The number of carbonyl (C=O) groups is 1. The van der Waals surface area contributed by atoms with Gasteiger partial charge in [-0.05, 0) is 0 Å². The van der Waals surface area contributed by atoms with E-state index in [1.54, 1.807) is 11.8 Å². The van der Waals surface area contributed by atoms with Gasteiger partial charge in [-0.25, -0.2) is 19.6 Å². The molecule has 0 unspecified atom stereocenters. The molecule has 0 N–H and O–H groups in total. The molecule has 9 nitrogen and oxygen atoms in total. The standard InChI is InChI=1S/C25H25N7O2/c1-34-22-16-21(26-18-27-22)30-12-14-31(15-13-30)23(33)17-32-25(20-10-6-3-7-11-20)28-24(29-32)19-8-4-2-5-9-19/h2-11,16,18H,12-15,17H2,1H3. The van der Waals surface area contributed by atoms with Crippen LogP contribution in [0.2, 0.25) is 0 Å². The van der Waals surface area contributed by atoms with Crippen molar-refractivity contribution in [3.8, 4) is 28.7 Å². The topological polar surface area (TPSA) is 89.3 Å². The molecule has 1 aliphatic rings. The Morgan fingerprint density at radius 2 is 1.59 bits per heavy atom. The van der Waals surface area contributed by atoms with Crippen molar-refractivity contribution in [1.82, 2.24) is 29.6 Å². The van der Waals surface area contributed by atoms with Gasteiger partial charge < -0.3 is 14.5 Å². The molecule has 0 radical (unpaired) electrons. The summed E-state index contributed by atoms with van der Waals surface area (Å²) < 4.78 is 6.91. The second kappa shape index (κ2) is 9.70. The van der Waals surface area contributed by atoms with E-state index in [9.17, 15) is 4.79 Å². The van der Waals surface area contributed by atoms with Crippen LogP contribution in [-0.4, -0.2) is 68.8 Å². The van der Waals surface area contributed by atoms with Gasteiger partial charge in [0.05, 0.1) is 7.11 Å². The van der Waals surface area contributed by atoms with Crippen LogP contribution in [-0.2, 0) is 11.3 Å². The number of benzene rings is 2. The lowest BCUT2D eigenvalue weighted by Crippen LogP contribution is -2.50. The number of ether oxygens (including phenoxy) is 1. The second-order valence-corrected chi connectivity index (χ2v) is 7.94. The molecule has 1 fully saturated rings. The van der Waals surface area contributed by atoms with E-state index in [0.717, 1.165) is 16.9 Å². The molecule has 0 spiro atoms. The fourth-order valence-electron chi connectivity index (χ4n) is 3.99. The van der Waals surface area contributed by atoms with E-state index in [2.05, 4.69) is 14.9 Å². The summed E-state index contributed by atoms with van der Waals surface area (Å²) in [4.78, 5) is 30.4. The number of anilines is 1. The first-order valence-corrected chi connectivity index (χ1v) is 11.2. The van der Waals surface area contributed by atoms with Crippen LogP contribution in [0, 0.1) is 0 Å². The molecule has 3 heterocycles. The number of hydrogen-bond acceptors (Lipinski definition) is 7. The Hall–Kier alpha value is -4.27. The monoisotopic (exact) mass is 455 g/mol. The maximum atomic E-state index is 13.2. The van der Waals surface area contributed by atoms with Gasteiger partial charge in [-0.2, -0.15) is 0 Å². The molecule has 0 aliphatic carbocycles. The van der Waals surface area contributed by atoms with E-state index < -0.39 is 0 Å². The summed E-state index contributed by atoms with van der Waals surface area (Å²) in [5, 5.41) is 4.69. The molecule has 34 heavy (non-hydrogen) atoms. The SMILES string of the molecule is COc1cc(N2CCN(C(=O)Cn3nc(-c4ccccc4)nc3-c3ccccc3)CC2)ncn1. The average molecular weight is 456 g/mol. The molecular weight excluding hydrogens is 430 g/mol. The Morgan fingerprint density at radius 3 is 2.26 bits per heavy atom. The number of rotatable bonds is 6. The highest BCUT2D eigenvalue weighted by Gasteiger charge is 2.24. The summed E-state index contributed by atoms with van der Waals surface area (Å²) in [6, 6.07) is 21.5. The maximum Gasteiger partial charge on any atom is 0.244 e. The molecule has 9 heteroatoms. The summed E-state index contributed by atoms with van der Waals surface area (Å²) in [6.07, 6.45) is 1.49. The normalized spacial score (nSPS) is 13.7. The fourth-order valence-corrected chi connectivity index (χ4v) is 3.99. The first-order valence-electron chi connectivity index (χ1n) is 11.2. The lowest BCUT2D eigenvalue weighted by atomic mass is 10.2. The van der Waals surface area contributed by atoms with E-state index in [0.29, 0.717) is 43.7 Å². The van der Waals surface area contributed by atoms with Crippen molar-refractivity contribution >= 4 is 11.7 Å². The summed E-state index contributed by atoms with van der Waals surface area (Å²) in [5.41, 5.74) is 1.84. The summed E-state index contributed by atoms with van der Waals surface area (Å²) in [7, 11) is 1.58. The third-order valence-electron chi connectivity index (χ3n) is 5.81. The smallest absolute Gasteiger partial charge is 0.244 e. The van der Waals surface area contributed by atoms with E-state index in [1.807, 2.05) is 71.6 Å². The Balaban J connectivity index is 1.32. The number of piperazine rings is 1. The molecule has 4 aromatic rings. The Labute approximate surface area is 197 Å². The van der Waals surface area contributed by atoms with Crippen LogP contribution in [0.5, 0.6) is 5.88 Å². The van der Waals surface area contributed by atoms with Gasteiger partial charge >= 0.3 is 0 Å². The number of amides is 1. The number of methoxy groups -OCH3 is 1. The van der Waals surface area contributed by atoms with Crippen LogP contribution < -0.4 is 9.64 Å². The molecule has 0 bridgehead atoms. The van der Waals surface area contributed by atoms with E-state index in [-0.39, 0.29) is 12.5 Å². The summed E-state index contributed by atoms with van der Waals surface area (Å²) in [6.45, 7) is 2.71. The fraction of sp³-hybridized carbons (Fsp3) is 0.240. The summed E-state index contributed by atoms with van der Waals surface area (Å²) >= 11 is 0. The molecule has 0 saturated carbocycles. The predicted molar refractivity (Wildman–Crippen MR) is 128 cm³/mol. The van der Waals surface area contributed by atoms with Crippen molar-refractivity contribution in [2.24, 2.45) is 0 Å². The number of carbonyl (C=O) groups excluding carboxylic acids is 1. The van der Waals surface area contributed by atoms with Crippen LogP contribution in [0.25, 0.3) is 22.8 Å². The lowest BCUT2D eigenvalue weighted by Gasteiger charge is -2.35. The van der Waals surface area contributed by atoms with Gasteiger partial charge in [0, 0.05) is 43.4 Å². The lowest BCUT2D eigenvalue weighted by molar-refractivity contribution is -0.132. The van der Waals surface area contributed by atoms with Gasteiger partial charge in [0.1, 0.15) is 18.7 Å². The largest absolute Gasteiger partial charge is 0.481 e. The molecule has 0 atom stereocenters. The number of nitrogens with zero attached hydrogens (tertiary/aromatic N) is 7. The predicted octanol–water partition coefficient (Wildman–Crippen LogP) is 2.76. The molecule has 1 aliphatic heterocycles. The number of aromatic nitrogens is 5. The Morgan fingerprint density at radius 1 is 0.912 bits per heavy atom. The maximum absolute atomic E-state index is 13.2. The minimum atomic E-state index is 0.0154. The zero-order valence-electron chi connectivity index (χ0n) is 18.9. The van der Waals surface area contributed by atoms with Crippen molar-refractivity contribution in [2.45, 2.75) is 6.54 Å².